The van der Waals surface area contributed by atoms with E-state index in [1.165, 1.54) is 5.56 Å². The van der Waals surface area contributed by atoms with E-state index < -0.39 is 12.1 Å². The Labute approximate surface area is 137 Å². The summed E-state index contributed by atoms with van der Waals surface area (Å²) in [6.07, 6.45) is 1.54. The van der Waals surface area contributed by atoms with Crippen molar-refractivity contribution < 1.29 is 19.4 Å². The zero-order chi connectivity index (χ0) is 16.8. The molecule has 2 rings (SSSR count). The van der Waals surface area contributed by atoms with Crippen molar-refractivity contribution in [3.63, 3.8) is 0 Å². The minimum Gasteiger partial charge on any atom is -0.479 e. The van der Waals surface area contributed by atoms with Crippen LogP contribution in [0.3, 0.4) is 0 Å². The number of morpholine rings is 1. The summed E-state index contributed by atoms with van der Waals surface area (Å²) in [4.78, 5) is 25.3. The van der Waals surface area contributed by atoms with Crippen molar-refractivity contribution in [2.75, 3.05) is 13.1 Å². The Morgan fingerprint density at radius 1 is 1.30 bits per heavy atom. The Morgan fingerprint density at radius 2 is 2.00 bits per heavy atom. The van der Waals surface area contributed by atoms with Crippen LogP contribution in [0.15, 0.2) is 30.3 Å². The van der Waals surface area contributed by atoms with Crippen LogP contribution in [0.5, 0.6) is 0 Å². The minimum absolute atomic E-state index is 0.0273. The maximum absolute atomic E-state index is 12.5. The zero-order valence-corrected chi connectivity index (χ0v) is 13.8. The number of carboxylic acids is 1. The number of rotatable bonds is 6. The molecule has 5 nitrogen and oxygen atoms in total. The lowest BCUT2D eigenvalue weighted by Crippen LogP contribution is -2.53. The topological polar surface area (TPSA) is 66.8 Å². The van der Waals surface area contributed by atoms with Crippen LogP contribution in [0, 0.1) is 5.92 Å². The highest BCUT2D eigenvalue weighted by atomic mass is 16.5. The van der Waals surface area contributed by atoms with Gasteiger partial charge in [-0.1, -0.05) is 37.3 Å². The normalized spacial score (nSPS) is 22.6. The molecule has 23 heavy (non-hydrogen) atoms. The van der Waals surface area contributed by atoms with Gasteiger partial charge in [-0.25, -0.2) is 4.79 Å². The van der Waals surface area contributed by atoms with Crippen LogP contribution in [-0.2, 0) is 20.7 Å². The predicted octanol–water partition coefficient (Wildman–Crippen LogP) is 2.35. The van der Waals surface area contributed by atoms with E-state index in [0.717, 1.165) is 19.3 Å². The summed E-state index contributed by atoms with van der Waals surface area (Å²) >= 11 is 0. The van der Waals surface area contributed by atoms with Gasteiger partial charge in [-0.2, -0.15) is 0 Å². The molecule has 0 saturated carbocycles. The lowest BCUT2D eigenvalue weighted by Gasteiger charge is -2.36. The van der Waals surface area contributed by atoms with Gasteiger partial charge in [0.25, 0.3) is 0 Å². The Morgan fingerprint density at radius 3 is 2.65 bits per heavy atom. The van der Waals surface area contributed by atoms with Crippen LogP contribution >= 0.6 is 0 Å². The Hall–Kier alpha value is -1.88. The molecule has 1 aromatic rings. The third kappa shape index (κ3) is 5.06. The zero-order valence-electron chi connectivity index (χ0n) is 13.8. The van der Waals surface area contributed by atoms with Crippen LogP contribution < -0.4 is 0 Å². The molecule has 1 aliphatic heterocycles. The Balaban J connectivity index is 1.82. The van der Waals surface area contributed by atoms with Gasteiger partial charge in [-0.3, -0.25) is 4.79 Å². The second-order valence-electron chi connectivity index (χ2n) is 6.30. The molecule has 0 aliphatic carbocycles. The van der Waals surface area contributed by atoms with Gasteiger partial charge in [0, 0.05) is 12.5 Å². The smallest absolute Gasteiger partial charge is 0.334 e. The summed E-state index contributed by atoms with van der Waals surface area (Å²) < 4.78 is 5.35. The van der Waals surface area contributed by atoms with E-state index in [0.29, 0.717) is 6.54 Å². The largest absolute Gasteiger partial charge is 0.479 e. The van der Waals surface area contributed by atoms with E-state index >= 15 is 0 Å². The molecule has 0 spiro atoms. The molecule has 1 fully saturated rings. The Kier molecular flexibility index (Phi) is 6.16. The van der Waals surface area contributed by atoms with Crippen molar-refractivity contribution in [1.82, 2.24) is 4.90 Å². The van der Waals surface area contributed by atoms with Gasteiger partial charge in [0.05, 0.1) is 12.6 Å². The number of carbonyl (C=O) groups excluding carboxylic acids is 1. The van der Waals surface area contributed by atoms with Gasteiger partial charge in [-0.05, 0) is 31.7 Å². The molecule has 1 aromatic carbocycles. The number of aliphatic carboxylic acids is 1. The fraction of sp³-hybridized carbons (Fsp3) is 0.556. The highest BCUT2D eigenvalue weighted by molar-refractivity contribution is 5.80. The third-order valence-corrected chi connectivity index (χ3v) is 4.21. The first-order valence-electron chi connectivity index (χ1n) is 8.18. The number of ether oxygens (including phenoxy) is 1. The van der Waals surface area contributed by atoms with Gasteiger partial charge in [0.1, 0.15) is 0 Å². The van der Waals surface area contributed by atoms with Crippen LogP contribution in [0.2, 0.25) is 0 Å². The summed E-state index contributed by atoms with van der Waals surface area (Å²) in [6.45, 7) is 4.33. The van der Waals surface area contributed by atoms with E-state index in [-0.39, 0.29) is 24.5 Å². The SMILES string of the molecule is CC(CCCc1ccccc1)C(=O)N1CC(C(=O)O)O[C@H](C)C1. The molecule has 1 N–H and O–H groups in total. The number of aryl methyl sites for hydroxylation is 1. The molecule has 0 bridgehead atoms. The Bertz CT molecular complexity index is 531. The molecular formula is C18H25NO4. The van der Waals surface area contributed by atoms with Gasteiger partial charge in [-0.15, -0.1) is 0 Å². The third-order valence-electron chi connectivity index (χ3n) is 4.21. The maximum atomic E-state index is 12.5. The average molecular weight is 319 g/mol. The molecule has 0 aromatic heterocycles. The summed E-state index contributed by atoms with van der Waals surface area (Å²) in [6, 6.07) is 10.2. The van der Waals surface area contributed by atoms with Crippen LogP contribution in [0.25, 0.3) is 0 Å². The number of nitrogens with zero attached hydrogens (tertiary/aromatic N) is 1. The maximum Gasteiger partial charge on any atom is 0.334 e. The van der Waals surface area contributed by atoms with E-state index in [2.05, 4.69) is 12.1 Å². The van der Waals surface area contributed by atoms with Gasteiger partial charge in [0.2, 0.25) is 5.91 Å². The fourth-order valence-corrected chi connectivity index (χ4v) is 2.96. The summed E-state index contributed by atoms with van der Waals surface area (Å²) in [5, 5.41) is 9.10. The summed E-state index contributed by atoms with van der Waals surface area (Å²) in [7, 11) is 0. The molecule has 1 aliphatic rings. The average Bonchev–Trinajstić information content (AvgIpc) is 2.54. The first-order chi connectivity index (χ1) is 11.0. The molecule has 1 amide bonds. The van der Waals surface area contributed by atoms with Crippen molar-refractivity contribution in [3.8, 4) is 0 Å². The van der Waals surface area contributed by atoms with E-state index in [9.17, 15) is 9.59 Å². The second-order valence-corrected chi connectivity index (χ2v) is 6.30. The van der Waals surface area contributed by atoms with E-state index in [1.807, 2.05) is 25.1 Å². The van der Waals surface area contributed by atoms with Crippen molar-refractivity contribution in [1.29, 1.82) is 0 Å². The molecule has 1 saturated heterocycles. The monoisotopic (exact) mass is 319 g/mol. The van der Waals surface area contributed by atoms with Gasteiger partial charge < -0.3 is 14.7 Å². The van der Waals surface area contributed by atoms with Crippen LogP contribution in [0.1, 0.15) is 32.3 Å². The van der Waals surface area contributed by atoms with Crippen LogP contribution in [-0.4, -0.2) is 47.2 Å². The second kappa shape index (κ2) is 8.11. The molecule has 1 heterocycles. The quantitative estimate of drug-likeness (QED) is 0.874. The standard InChI is InChI=1S/C18H25NO4/c1-13(7-6-10-15-8-4-3-5-9-15)17(20)19-11-14(2)23-16(12-19)18(21)22/h3-5,8-9,13-14,16H,6-7,10-12H2,1-2H3,(H,21,22)/t13?,14-,16?/m1/s1. The lowest BCUT2D eigenvalue weighted by molar-refractivity contribution is -0.167. The number of carboxylic acid groups (broad SMARTS) is 1. The predicted molar refractivity (Wildman–Crippen MR) is 87.1 cm³/mol. The highest BCUT2D eigenvalue weighted by Crippen LogP contribution is 2.18. The summed E-state index contributed by atoms with van der Waals surface area (Å²) in [5.41, 5.74) is 1.28. The number of hydrogen-bond donors (Lipinski definition) is 1. The van der Waals surface area contributed by atoms with Crippen molar-refractivity contribution in [2.24, 2.45) is 5.92 Å². The molecular weight excluding hydrogens is 294 g/mol. The number of hydrogen-bond acceptors (Lipinski definition) is 3. The molecule has 5 heteroatoms. The van der Waals surface area contributed by atoms with Gasteiger partial charge >= 0.3 is 5.97 Å². The minimum atomic E-state index is -1.01. The molecule has 0 radical (unpaired) electrons. The van der Waals surface area contributed by atoms with Crippen molar-refractivity contribution in [2.45, 2.75) is 45.3 Å². The number of amides is 1. The van der Waals surface area contributed by atoms with Gasteiger partial charge in [0.15, 0.2) is 6.10 Å². The van der Waals surface area contributed by atoms with Crippen LogP contribution in [0.4, 0.5) is 0 Å². The highest BCUT2D eigenvalue weighted by Gasteiger charge is 2.33. The van der Waals surface area contributed by atoms with Crippen molar-refractivity contribution >= 4 is 11.9 Å². The fourth-order valence-electron chi connectivity index (χ4n) is 2.96. The number of carbonyl (C=O) groups is 2. The molecule has 3 atom stereocenters. The van der Waals surface area contributed by atoms with E-state index in [1.54, 1.807) is 11.8 Å². The van der Waals surface area contributed by atoms with Crippen molar-refractivity contribution in [3.05, 3.63) is 35.9 Å². The first-order valence-corrected chi connectivity index (χ1v) is 8.18. The molecule has 126 valence electrons. The lowest BCUT2D eigenvalue weighted by atomic mass is 9.99. The molecule has 2 unspecified atom stereocenters. The van der Waals surface area contributed by atoms with E-state index in [4.69, 9.17) is 9.84 Å². The summed E-state index contributed by atoms with van der Waals surface area (Å²) in [5.74, 6) is -1.08. The number of benzene rings is 1. The first kappa shape index (κ1) is 17.5.